The lowest BCUT2D eigenvalue weighted by atomic mass is 9.91. The predicted molar refractivity (Wildman–Crippen MR) is 69.9 cm³/mol. The van der Waals surface area contributed by atoms with Gasteiger partial charge in [-0.25, -0.2) is 0 Å². The molecule has 0 amide bonds. The topological polar surface area (TPSA) is 38.5 Å². The Balaban J connectivity index is 2.07. The number of thioether (sulfide) groups is 1. The largest absolute Gasteiger partial charge is 0.377 e. The average molecular weight is 244 g/mol. The van der Waals surface area contributed by atoms with E-state index >= 15 is 0 Å². The van der Waals surface area contributed by atoms with Crippen molar-refractivity contribution in [3.63, 3.8) is 0 Å². The van der Waals surface area contributed by atoms with Crippen molar-refractivity contribution in [1.29, 1.82) is 0 Å². The fourth-order valence-corrected chi connectivity index (χ4v) is 4.34. The quantitative estimate of drug-likeness (QED) is 0.812. The van der Waals surface area contributed by atoms with Crippen LogP contribution in [0.15, 0.2) is 0 Å². The molecule has 3 unspecified atom stereocenters. The normalized spacial score (nSPS) is 40.5. The fourth-order valence-electron chi connectivity index (χ4n) is 3.00. The molecule has 2 rings (SSSR count). The Morgan fingerprint density at radius 3 is 2.88 bits per heavy atom. The van der Waals surface area contributed by atoms with Crippen LogP contribution in [0, 0.1) is 0 Å². The van der Waals surface area contributed by atoms with Crippen molar-refractivity contribution in [2.45, 2.75) is 43.9 Å². The first-order valence-electron chi connectivity index (χ1n) is 6.32. The van der Waals surface area contributed by atoms with E-state index in [1.54, 1.807) is 0 Å². The van der Waals surface area contributed by atoms with E-state index < -0.39 is 0 Å². The molecular formula is C12H24N2OS. The van der Waals surface area contributed by atoms with E-state index in [1.165, 1.54) is 24.3 Å². The SMILES string of the molecule is CC1OCCC1N(C)C1(CN)CCCSC1. The van der Waals surface area contributed by atoms with Crippen molar-refractivity contribution >= 4 is 11.8 Å². The van der Waals surface area contributed by atoms with Gasteiger partial charge in [0.05, 0.1) is 6.10 Å². The van der Waals surface area contributed by atoms with Gasteiger partial charge in [0, 0.05) is 30.5 Å². The van der Waals surface area contributed by atoms with Gasteiger partial charge in [0.1, 0.15) is 0 Å². The molecular weight excluding hydrogens is 220 g/mol. The third kappa shape index (κ3) is 2.26. The maximum atomic E-state index is 6.06. The van der Waals surface area contributed by atoms with Crippen LogP contribution >= 0.6 is 11.8 Å². The van der Waals surface area contributed by atoms with Gasteiger partial charge in [-0.15, -0.1) is 0 Å². The lowest BCUT2D eigenvalue weighted by Crippen LogP contribution is -2.60. The second-order valence-corrected chi connectivity index (χ2v) is 6.23. The van der Waals surface area contributed by atoms with Gasteiger partial charge < -0.3 is 10.5 Å². The molecule has 0 aromatic carbocycles. The summed E-state index contributed by atoms with van der Waals surface area (Å²) in [5.41, 5.74) is 6.27. The van der Waals surface area contributed by atoms with Crippen LogP contribution in [0.3, 0.4) is 0 Å². The molecule has 0 bridgehead atoms. The van der Waals surface area contributed by atoms with Gasteiger partial charge in [-0.2, -0.15) is 11.8 Å². The molecule has 2 aliphatic heterocycles. The molecule has 0 aromatic rings. The van der Waals surface area contributed by atoms with Crippen LogP contribution in [0.1, 0.15) is 26.2 Å². The van der Waals surface area contributed by atoms with Crippen LogP contribution in [0.2, 0.25) is 0 Å². The minimum absolute atomic E-state index is 0.218. The first-order chi connectivity index (χ1) is 7.69. The Labute approximate surface area is 103 Å². The highest BCUT2D eigenvalue weighted by atomic mass is 32.2. The number of nitrogens with two attached hydrogens (primary N) is 1. The molecule has 2 N–H and O–H groups in total. The summed E-state index contributed by atoms with van der Waals surface area (Å²) in [6, 6.07) is 0.558. The zero-order valence-corrected chi connectivity index (χ0v) is 11.3. The highest BCUT2D eigenvalue weighted by Crippen LogP contribution is 2.34. The van der Waals surface area contributed by atoms with Gasteiger partial charge in [-0.3, -0.25) is 4.90 Å². The molecule has 0 saturated carbocycles. The van der Waals surface area contributed by atoms with Gasteiger partial charge in [-0.05, 0) is 39.0 Å². The Bertz CT molecular complexity index is 231. The van der Waals surface area contributed by atoms with Gasteiger partial charge in [-0.1, -0.05) is 0 Å². The van der Waals surface area contributed by atoms with Crippen LogP contribution in [0.4, 0.5) is 0 Å². The Morgan fingerprint density at radius 1 is 1.56 bits per heavy atom. The number of likely N-dealkylation sites (N-methyl/N-ethyl adjacent to an activating group) is 1. The monoisotopic (exact) mass is 244 g/mol. The van der Waals surface area contributed by atoms with E-state index in [0.717, 1.165) is 19.6 Å². The molecule has 0 aromatic heterocycles. The molecule has 2 fully saturated rings. The second kappa shape index (κ2) is 5.25. The smallest absolute Gasteiger partial charge is 0.0703 e. The highest BCUT2D eigenvalue weighted by Gasteiger charge is 2.41. The molecule has 0 aliphatic carbocycles. The lowest BCUT2D eigenvalue weighted by Gasteiger charge is -2.47. The maximum absolute atomic E-state index is 6.06. The summed E-state index contributed by atoms with van der Waals surface area (Å²) in [4.78, 5) is 2.52. The first-order valence-corrected chi connectivity index (χ1v) is 7.47. The number of nitrogens with zero attached hydrogens (tertiary/aromatic N) is 1. The Kier molecular flexibility index (Phi) is 4.16. The molecule has 0 radical (unpaired) electrons. The maximum Gasteiger partial charge on any atom is 0.0703 e. The minimum atomic E-state index is 0.218. The van der Waals surface area contributed by atoms with Crippen molar-refractivity contribution < 1.29 is 4.74 Å². The van der Waals surface area contributed by atoms with Crippen LogP contribution in [-0.4, -0.2) is 54.3 Å². The lowest BCUT2D eigenvalue weighted by molar-refractivity contribution is 0.0331. The fraction of sp³-hybridized carbons (Fsp3) is 1.00. The van der Waals surface area contributed by atoms with Crippen molar-refractivity contribution in [1.82, 2.24) is 4.90 Å². The Hall–Kier alpha value is 0.230. The second-order valence-electron chi connectivity index (χ2n) is 5.13. The van der Waals surface area contributed by atoms with Gasteiger partial charge in [0.15, 0.2) is 0 Å². The number of ether oxygens (including phenoxy) is 1. The van der Waals surface area contributed by atoms with Gasteiger partial charge >= 0.3 is 0 Å². The Morgan fingerprint density at radius 2 is 2.38 bits per heavy atom. The van der Waals surface area contributed by atoms with Crippen molar-refractivity contribution in [3.05, 3.63) is 0 Å². The predicted octanol–water partition coefficient (Wildman–Crippen LogP) is 1.32. The molecule has 16 heavy (non-hydrogen) atoms. The van der Waals surface area contributed by atoms with Crippen LogP contribution in [-0.2, 0) is 4.74 Å². The third-order valence-electron chi connectivity index (χ3n) is 4.26. The van der Waals surface area contributed by atoms with E-state index in [4.69, 9.17) is 10.5 Å². The molecule has 94 valence electrons. The first kappa shape index (κ1) is 12.7. The van der Waals surface area contributed by atoms with Gasteiger partial charge in [0.25, 0.3) is 0 Å². The zero-order valence-electron chi connectivity index (χ0n) is 10.4. The minimum Gasteiger partial charge on any atom is -0.377 e. The van der Waals surface area contributed by atoms with E-state index in [9.17, 15) is 0 Å². The summed E-state index contributed by atoms with van der Waals surface area (Å²) in [5, 5.41) is 0. The molecule has 2 saturated heterocycles. The van der Waals surface area contributed by atoms with Gasteiger partial charge in [0.2, 0.25) is 0 Å². The summed E-state index contributed by atoms with van der Waals surface area (Å²) < 4.78 is 5.68. The van der Waals surface area contributed by atoms with E-state index in [1.807, 2.05) is 0 Å². The summed E-state index contributed by atoms with van der Waals surface area (Å²) in [6.07, 6.45) is 4.06. The number of hydrogen-bond acceptors (Lipinski definition) is 4. The van der Waals surface area contributed by atoms with E-state index in [2.05, 4.69) is 30.6 Å². The van der Waals surface area contributed by atoms with Crippen LogP contribution in [0.5, 0.6) is 0 Å². The zero-order chi connectivity index (χ0) is 11.6. The van der Waals surface area contributed by atoms with Crippen LogP contribution < -0.4 is 5.73 Å². The summed E-state index contributed by atoms with van der Waals surface area (Å²) >= 11 is 2.05. The average Bonchev–Trinajstić information content (AvgIpc) is 2.75. The molecule has 4 heteroatoms. The molecule has 0 spiro atoms. The van der Waals surface area contributed by atoms with Crippen molar-refractivity contribution in [3.8, 4) is 0 Å². The van der Waals surface area contributed by atoms with Crippen LogP contribution in [0.25, 0.3) is 0 Å². The van der Waals surface area contributed by atoms with Crippen molar-refractivity contribution in [2.24, 2.45) is 5.73 Å². The summed E-state index contributed by atoms with van der Waals surface area (Å²) in [6.45, 7) is 3.87. The number of rotatable bonds is 3. The molecule has 2 aliphatic rings. The molecule has 3 nitrogen and oxygen atoms in total. The summed E-state index contributed by atoms with van der Waals surface area (Å²) in [7, 11) is 2.24. The third-order valence-corrected chi connectivity index (χ3v) is 5.58. The summed E-state index contributed by atoms with van der Waals surface area (Å²) in [5.74, 6) is 2.48. The standard InChI is InChI=1S/C12H24N2OS/c1-10-11(4-6-15-10)14(2)12(8-13)5-3-7-16-9-12/h10-11H,3-9,13H2,1-2H3. The number of hydrogen-bond donors (Lipinski definition) is 1. The highest BCUT2D eigenvalue weighted by molar-refractivity contribution is 7.99. The van der Waals surface area contributed by atoms with E-state index in [-0.39, 0.29) is 5.54 Å². The molecule has 2 heterocycles. The van der Waals surface area contributed by atoms with Crippen molar-refractivity contribution in [2.75, 3.05) is 31.7 Å². The van der Waals surface area contributed by atoms with E-state index in [0.29, 0.717) is 12.1 Å². The molecule has 3 atom stereocenters.